The smallest absolute Gasteiger partial charge is 0.260 e. The number of aromatic nitrogens is 1. The van der Waals surface area contributed by atoms with E-state index in [1.165, 1.54) is 23.5 Å². The third-order valence-electron chi connectivity index (χ3n) is 4.83. The van der Waals surface area contributed by atoms with E-state index in [4.69, 9.17) is 9.72 Å². The summed E-state index contributed by atoms with van der Waals surface area (Å²) in [6.07, 6.45) is 2.77. The molecule has 0 spiro atoms. The number of amides is 1. The highest BCUT2D eigenvalue weighted by Gasteiger charge is 2.27. The van der Waals surface area contributed by atoms with Crippen molar-refractivity contribution in [3.05, 3.63) is 59.4 Å². The van der Waals surface area contributed by atoms with Crippen LogP contribution in [0, 0.1) is 5.82 Å². The van der Waals surface area contributed by atoms with Crippen LogP contribution in [0.4, 0.5) is 9.52 Å². The number of carbonyl (C=O) groups excluding carboxylic acids is 1. The molecule has 4 rings (SSSR count). The van der Waals surface area contributed by atoms with E-state index >= 15 is 0 Å². The lowest BCUT2D eigenvalue weighted by atomic mass is 10.1. The second-order valence-corrected chi connectivity index (χ2v) is 7.68. The summed E-state index contributed by atoms with van der Waals surface area (Å²) in [5.74, 6) is -0.669. The third-order valence-corrected chi connectivity index (χ3v) is 5.87. The molecule has 1 saturated heterocycles. The molecule has 1 fully saturated rings. The Kier molecular flexibility index (Phi) is 5.18. The zero-order valence-electron chi connectivity index (χ0n) is 15.2. The summed E-state index contributed by atoms with van der Waals surface area (Å²) in [6.45, 7) is 3.24. The van der Waals surface area contributed by atoms with Gasteiger partial charge in [0.1, 0.15) is 5.82 Å². The minimum atomic E-state index is -0.421. The quantitative estimate of drug-likeness (QED) is 0.633. The molecule has 1 aliphatic rings. The van der Waals surface area contributed by atoms with Crippen molar-refractivity contribution in [2.24, 2.45) is 0 Å². The Hall–Kier alpha value is -2.31. The number of hydrogen-bond acceptors (Lipinski definition) is 4. The van der Waals surface area contributed by atoms with Gasteiger partial charge in [0.2, 0.25) is 0 Å². The Morgan fingerprint density at radius 3 is 2.93 bits per heavy atom. The van der Waals surface area contributed by atoms with Crippen molar-refractivity contribution in [1.82, 2.24) is 4.98 Å². The van der Waals surface area contributed by atoms with Gasteiger partial charge in [-0.1, -0.05) is 36.5 Å². The van der Waals surface area contributed by atoms with Crippen LogP contribution in [0.15, 0.2) is 42.5 Å². The van der Waals surface area contributed by atoms with Crippen molar-refractivity contribution in [3.8, 4) is 0 Å². The molecule has 1 unspecified atom stereocenters. The predicted octanol–water partition coefficient (Wildman–Crippen LogP) is 4.82. The molecule has 0 bridgehead atoms. The maximum Gasteiger partial charge on any atom is 0.260 e. The highest BCUT2D eigenvalue weighted by Crippen LogP contribution is 2.32. The van der Waals surface area contributed by atoms with E-state index in [1.54, 1.807) is 17.0 Å². The normalized spacial score (nSPS) is 16.7. The van der Waals surface area contributed by atoms with E-state index in [0.29, 0.717) is 23.8 Å². The molecule has 3 aromatic rings. The molecular weight excluding hydrogens is 363 g/mol. The van der Waals surface area contributed by atoms with Gasteiger partial charge in [-0.2, -0.15) is 0 Å². The van der Waals surface area contributed by atoms with Gasteiger partial charge >= 0.3 is 0 Å². The zero-order valence-corrected chi connectivity index (χ0v) is 16.0. The minimum Gasteiger partial charge on any atom is -0.376 e. The van der Waals surface area contributed by atoms with Gasteiger partial charge in [0.05, 0.1) is 22.9 Å². The summed E-state index contributed by atoms with van der Waals surface area (Å²) in [5, 5.41) is 0.635. The molecule has 2 aromatic carbocycles. The number of benzene rings is 2. The van der Waals surface area contributed by atoms with E-state index < -0.39 is 5.82 Å². The monoisotopic (exact) mass is 384 g/mol. The summed E-state index contributed by atoms with van der Waals surface area (Å²) in [7, 11) is 0. The standard InChI is InChI=1S/C21H21FN2O2S/c1-2-14-6-4-10-18-19(14)23-21(27-18)24(13-17-9-5-11-26-17)20(25)15-7-3-8-16(22)12-15/h3-4,6-8,10,12,17H,2,5,9,11,13H2,1H3. The van der Waals surface area contributed by atoms with Crippen molar-refractivity contribution in [2.75, 3.05) is 18.1 Å². The number of ether oxygens (including phenoxy) is 1. The average molecular weight is 384 g/mol. The van der Waals surface area contributed by atoms with Crippen LogP contribution >= 0.6 is 11.3 Å². The first-order valence-corrected chi connectivity index (χ1v) is 10.0. The van der Waals surface area contributed by atoms with Crippen LogP contribution in [0.5, 0.6) is 0 Å². The molecule has 1 amide bonds. The number of para-hydroxylation sites is 1. The Morgan fingerprint density at radius 1 is 1.33 bits per heavy atom. The molecule has 2 heterocycles. The van der Waals surface area contributed by atoms with E-state index in [0.717, 1.165) is 35.0 Å². The highest BCUT2D eigenvalue weighted by molar-refractivity contribution is 7.22. The van der Waals surface area contributed by atoms with Crippen LogP contribution in [0.1, 0.15) is 35.7 Å². The zero-order chi connectivity index (χ0) is 18.8. The van der Waals surface area contributed by atoms with Gasteiger partial charge in [0.15, 0.2) is 5.13 Å². The number of hydrogen-bond donors (Lipinski definition) is 0. The first kappa shape index (κ1) is 18.1. The van der Waals surface area contributed by atoms with E-state index in [2.05, 4.69) is 13.0 Å². The maximum absolute atomic E-state index is 13.7. The summed E-state index contributed by atoms with van der Waals surface area (Å²) >= 11 is 1.49. The number of thiazole rings is 1. The van der Waals surface area contributed by atoms with Gasteiger partial charge in [-0.15, -0.1) is 0 Å². The first-order chi connectivity index (χ1) is 13.2. The Bertz CT molecular complexity index is 966. The molecule has 4 nitrogen and oxygen atoms in total. The number of aryl methyl sites for hydroxylation is 1. The summed E-state index contributed by atoms with van der Waals surface area (Å²) in [4.78, 5) is 19.6. The predicted molar refractivity (Wildman–Crippen MR) is 106 cm³/mol. The van der Waals surface area contributed by atoms with Gasteiger partial charge in [0, 0.05) is 12.2 Å². The number of carbonyl (C=O) groups is 1. The molecule has 6 heteroatoms. The van der Waals surface area contributed by atoms with Crippen molar-refractivity contribution >= 4 is 32.6 Å². The van der Waals surface area contributed by atoms with Crippen LogP contribution in [-0.4, -0.2) is 30.1 Å². The lowest BCUT2D eigenvalue weighted by Crippen LogP contribution is -2.37. The van der Waals surface area contributed by atoms with Crippen LogP contribution < -0.4 is 4.90 Å². The fourth-order valence-electron chi connectivity index (χ4n) is 3.41. The maximum atomic E-state index is 13.7. The highest BCUT2D eigenvalue weighted by atomic mass is 32.1. The second-order valence-electron chi connectivity index (χ2n) is 6.68. The Morgan fingerprint density at radius 2 is 2.19 bits per heavy atom. The largest absolute Gasteiger partial charge is 0.376 e. The van der Waals surface area contributed by atoms with Crippen molar-refractivity contribution < 1.29 is 13.9 Å². The molecule has 0 radical (unpaired) electrons. The number of nitrogens with zero attached hydrogens (tertiary/aromatic N) is 2. The minimum absolute atomic E-state index is 0.0137. The molecule has 0 aliphatic carbocycles. The van der Waals surface area contributed by atoms with Crippen LogP contribution in [-0.2, 0) is 11.2 Å². The molecule has 1 aromatic heterocycles. The molecule has 0 saturated carbocycles. The van der Waals surface area contributed by atoms with Crippen LogP contribution in [0.25, 0.3) is 10.2 Å². The SMILES string of the molecule is CCc1cccc2sc(N(CC3CCCO3)C(=O)c3cccc(F)c3)nc12. The van der Waals surface area contributed by atoms with Crippen LogP contribution in [0.3, 0.4) is 0 Å². The number of halogens is 1. The van der Waals surface area contributed by atoms with Crippen molar-refractivity contribution in [1.29, 1.82) is 0 Å². The number of rotatable bonds is 5. The van der Waals surface area contributed by atoms with Gasteiger partial charge in [-0.05, 0) is 49.1 Å². The Balaban J connectivity index is 1.74. The first-order valence-electron chi connectivity index (χ1n) is 9.23. The lowest BCUT2D eigenvalue weighted by Gasteiger charge is -2.23. The summed E-state index contributed by atoms with van der Waals surface area (Å²) < 4.78 is 20.4. The lowest BCUT2D eigenvalue weighted by molar-refractivity contribution is 0.0917. The molecule has 1 atom stereocenters. The van der Waals surface area contributed by atoms with Gasteiger partial charge < -0.3 is 4.74 Å². The fourth-order valence-corrected chi connectivity index (χ4v) is 4.43. The second kappa shape index (κ2) is 7.74. The van der Waals surface area contributed by atoms with Gasteiger partial charge in [-0.3, -0.25) is 9.69 Å². The van der Waals surface area contributed by atoms with Gasteiger partial charge in [-0.25, -0.2) is 9.37 Å². The topological polar surface area (TPSA) is 42.4 Å². The summed E-state index contributed by atoms with van der Waals surface area (Å²) in [5.41, 5.74) is 2.41. The average Bonchev–Trinajstić information content (AvgIpc) is 3.34. The molecule has 0 N–H and O–H groups in total. The molecule has 1 aliphatic heterocycles. The fraction of sp³-hybridized carbons (Fsp3) is 0.333. The van der Waals surface area contributed by atoms with E-state index in [1.807, 2.05) is 12.1 Å². The van der Waals surface area contributed by atoms with Gasteiger partial charge in [0.25, 0.3) is 5.91 Å². The van der Waals surface area contributed by atoms with E-state index in [9.17, 15) is 9.18 Å². The third kappa shape index (κ3) is 3.73. The van der Waals surface area contributed by atoms with E-state index in [-0.39, 0.29) is 12.0 Å². The molecular formula is C21H21FN2O2S. The number of fused-ring (bicyclic) bond motifs is 1. The van der Waals surface area contributed by atoms with Crippen LogP contribution in [0.2, 0.25) is 0 Å². The number of anilines is 1. The molecule has 140 valence electrons. The molecule has 27 heavy (non-hydrogen) atoms. The van der Waals surface area contributed by atoms with Crippen molar-refractivity contribution in [3.63, 3.8) is 0 Å². The van der Waals surface area contributed by atoms with Crippen molar-refractivity contribution in [2.45, 2.75) is 32.3 Å². The Labute approximate surface area is 161 Å². The summed E-state index contributed by atoms with van der Waals surface area (Å²) in [6, 6.07) is 11.9.